The number of fused-ring (bicyclic) bond motifs is 1. The van der Waals surface area contributed by atoms with Crippen LogP contribution in [0.25, 0.3) is 0 Å². The normalized spacial score (nSPS) is 16.7. The third-order valence-electron chi connectivity index (χ3n) is 2.93. The molecule has 1 atom stereocenters. The molecule has 20 heavy (non-hydrogen) atoms. The topological polar surface area (TPSA) is 30.9 Å². The highest BCUT2D eigenvalue weighted by Crippen LogP contribution is 2.40. The molecule has 0 aromatic heterocycles. The molecule has 1 unspecified atom stereocenters. The summed E-state index contributed by atoms with van der Waals surface area (Å²) in [6.45, 7) is 4.73. The summed E-state index contributed by atoms with van der Waals surface area (Å²) < 4.78 is 17.3. The van der Waals surface area contributed by atoms with E-state index < -0.39 is 0 Å². The maximum absolute atomic E-state index is 5.95. The molecule has 1 aromatic rings. The minimum absolute atomic E-state index is 0. The number of ether oxygens (including phenoxy) is 3. The van der Waals surface area contributed by atoms with Crippen LogP contribution < -0.4 is 14.2 Å². The van der Waals surface area contributed by atoms with Crippen molar-refractivity contribution in [1.29, 1.82) is 0 Å². The molecule has 0 saturated heterocycles. The number of benzene rings is 1. The summed E-state index contributed by atoms with van der Waals surface area (Å²) in [5, 5.41) is 0. The first-order valence-electron chi connectivity index (χ1n) is 6.54. The Kier molecular flexibility index (Phi) is 7.27. The van der Waals surface area contributed by atoms with Gasteiger partial charge in [-0.3, -0.25) is 0 Å². The summed E-state index contributed by atoms with van der Waals surface area (Å²) >= 11 is 5.72. The number of nitrogens with zero attached hydrogens (tertiary/aromatic N) is 1. The predicted octanol–water partition coefficient (Wildman–Crippen LogP) is 2.82. The predicted molar refractivity (Wildman–Crippen MR) is 83.0 cm³/mol. The quantitative estimate of drug-likeness (QED) is 0.754. The number of hydrogen-bond donors (Lipinski definition) is 0. The van der Waals surface area contributed by atoms with Crippen molar-refractivity contribution in [3.63, 3.8) is 0 Å². The summed E-state index contributed by atoms with van der Waals surface area (Å²) in [5.41, 5.74) is 0. The Bertz CT molecular complexity index is 417. The highest BCUT2D eigenvalue weighted by atomic mass is 35.5. The molecule has 0 radical (unpaired) electrons. The summed E-state index contributed by atoms with van der Waals surface area (Å²) in [6, 6.07) is 5.72. The van der Waals surface area contributed by atoms with Gasteiger partial charge in [-0.25, -0.2) is 0 Å². The van der Waals surface area contributed by atoms with E-state index in [1.165, 1.54) is 0 Å². The molecule has 1 aliphatic rings. The van der Waals surface area contributed by atoms with E-state index in [4.69, 9.17) is 25.8 Å². The zero-order valence-electron chi connectivity index (χ0n) is 11.8. The Morgan fingerprint density at radius 1 is 1.45 bits per heavy atom. The van der Waals surface area contributed by atoms with Crippen molar-refractivity contribution in [3.8, 4) is 17.2 Å². The average molecular weight is 322 g/mol. The minimum atomic E-state index is 0. The maximum atomic E-state index is 5.95. The summed E-state index contributed by atoms with van der Waals surface area (Å²) in [4.78, 5) is 2.14. The standard InChI is InChI=1S/C14H20ClNO3.ClH/c1-3-17-12-5-4-6-13-14(12)18-10-11(19-13)9-16(2)8-7-15;/h4-6,11H,3,7-10H2,1-2H3;1H. The van der Waals surface area contributed by atoms with E-state index in [1.807, 2.05) is 32.2 Å². The summed E-state index contributed by atoms with van der Waals surface area (Å²) in [6.07, 6.45) is 0.0255. The first-order valence-corrected chi connectivity index (χ1v) is 7.07. The van der Waals surface area contributed by atoms with Crippen LogP contribution in [-0.4, -0.2) is 50.2 Å². The largest absolute Gasteiger partial charge is 0.490 e. The molecule has 114 valence electrons. The van der Waals surface area contributed by atoms with Crippen LogP contribution in [0.3, 0.4) is 0 Å². The molecule has 4 nitrogen and oxygen atoms in total. The molecule has 2 rings (SSSR count). The van der Waals surface area contributed by atoms with Gasteiger partial charge < -0.3 is 19.1 Å². The van der Waals surface area contributed by atoms with Crippen molar-refractivity contribution in [2.24, 2.45) is 0 Å². The van der Waals surface area contributed by atoms with Crippen LogP contribution >= 0.6 is 24.0 Å². The van der Waals surface area contributed by atoms with E-state index in [9.17, 15) is 0 Å². The van der Waals surface area contributed by atoms with Gasteiger partial charge in [0.1, 0.15) is 12.7 Å². The molecule has 0 aliphatic carbocycles. The molecular formula is C14H21Cl2NO3. The third kappa shape index (κ3) is 4.33. The first kappa shape index (κ1) is 17.2. The molecule has 0 spiro atoms. The van der Waals surface area contributed by atoms with Gasteiger partial charge in [-0.2, -0.15) is 0 Å². The third-order valence-corrected chi connectivity index (χ3v) is 3.10. The number of para-hydroxylation sites is 1. The van der Waals surface area contributed by atoms with Crippen molar-refractivity contribution in [2.75, 3.05) is 39.2 Å². The molecule has 0 fully saturated rings. The molecule has 0 saturated carbocycles. The maximum Gasteiger partial charge on any atom is 0.203 e. The number of hydrogen-bond acceptors (Lipinski definition) is 4. The second kappa shape index (κ2) is 8.45. The Morgan fingerprint density at radius 2 is 2.25 bits per heavy atom. The zero-order chi connectivity index (χ0) is 13.7. The monoisotopic (exact) mass is 321 g/mol. The lowest BCUT2D eigenvalue weighted by atomic mass is 10.2. The number of alkyl halides is 1. The van der Waals surface area contributed by atoms with Gasteiger partial charge in [0.25, 0.3) is 0 Å². The fraction of sp³-hybridized carbons (Fsp3) is 0.571. The van der Waals surface area contributed by atoms with Gasteiger partial charge >= 0.3 is 0 Å². The lowest BCUT2D eigenvalue weighted by Crippen LogP contribution is -2.40. The van der Waals surface area contributed by atoms with Crippen LogP contribution in [0.2, 0.25) is 0 Å². The molecule has 1 aliphatic heterocycles. The first-order chi connectivity index (χ1) is 9.24. The molecule has 6 heteroatoms. The Labute approximate surface area is 131 Å². The summed E-state index contributed by atoms with van der Waals surface area (Å²) in [7, 11) is 2.03. The van der Waals surface area contributed by atoms with Crippen LogP contribution in [0, 0.1) is 0 Å². The molecule has 1 heterocycles. The van der Waals surface area contributed by atoms with Gasteiger partial charge in [0.2, 0.25) is 5.75 Å². The number of rotatable bonds is 6. The van der Waals surface area contributed by atoms with Crippen molar-refractivity contribution in [3.05, 3.63) is 18.2 Å². The van der Waals surface area contributed by atoms with Crippen LogP contribution in [0.1, 0.15) is 6.92 Å². The molecule has 0 bridgehead atoms. The van der Waals surface area contributed by atoms with E-state index in [-0.39, 0.29) is 18.5 Å². The fourth-order valence-corrected chi connectivity index (χ4v) is 2.35. The summed E-state index contributed by atoms with van der Waals surface area (Å²) in [5.74, 6) is 2.82. The van der Waals surface area contributed by atoms with Crippen LogP contribution in [0.5, 0.6) is 17.2 Å². The molecule has 0 amide bonds. The van der Waals surface area contributed by atoms with Crippen molar-refractivity contribution < 1.29 is 14.2 Å². The molecular weight excluding hydrogens is 301 g/mol. The van der Waals surface area contributed by atoms with E-state index in [0.717, 1.165) is 24.6 Å². The van der Waals surface area contributed by atoms with Crippen molar-refractivity contribution in [1.82, 2.24) is 4.90 Å². The van der Waals surface area contributed by atoms with Crippen molar-refractivity contribution >= 4 is 24.0 Å². The van der Waals surface area contributed by atoms with Gasteiger partial charge in [-0.05, 0) is 26.1 Å². The average Bonchev–Trinajstić information content (AvgIpc) is 2.39. The minimum Gasteiger partial charge on any atom is -0.490 e. The van der Waals surface area contributed by atoms with E-state index in [0.29, 0.717) is 24.8 Å². The van der Waals surface area contributed by atoms with E-state index >= 15 is 0 Å². The molecule has 1 aromatic carbocycles. The second-order valence-electron chi connectivity index (χ2n) is 4.52. The highest BCUT2D eigenvalue weighted by Gasteiger charge is 2.24. The van der Waals surface area contributed by atoms with Gasteiger partial charge in [0.15, 0.2) is 11.5 Å². The fourth-order valence-electron chi connectivity index (χ4n) is 2.06. The van der Waals surface area contributed by atoms with Crippen molar-refractivity contribution in [2.45, 2.75) is 13.0 Å². The van der Waals surface area contributed by atoms with Gasteiger partial charge in [0.05, 0.1) is 6.61 Å². The van der Waals surface area contributed by atoms with E-state index in [1.54, 1.807) is 0 Å². The molecule has 0 N–H and O–H groups in total. The Morgan fingerprint density at radius 3 is 2.95 bits per heavy atom. The Balaban J connectivity index is 0.00000200. The Hall–Kier alpha value is -0.840. The van der Waals surface area contributed by atoms with E-state index in [2.05, 4.69) is 4.90 Å². The zero-order valence-corrected chi connectivity index (χ0v) is 13.4. The lowest BCUT2D eigenvalue weighted by Gasteiger charge is -2.30. The van der Waals surface area contributed by atoms with Crippen LogP contribution in [-0.2, 0) is 0 Å². The number of halogens is 2. The van der Waals surface area contributed by atoms with Gasteiger partial charge in [-0.15, -0.1) is 24.0 Å². The number of likely N-dealkylation sites (N-methyl/N-ethyl adjacent to an activating group) is 1. The SMILES string of the molecule is CCOc1cccc2c1OCC(CN(C)CCCl)O2.Cl. The van der Waals surface area contributed by atoms with Crippen LogP contribution in [0.4, 0.5) is 0 Å². The van der Waals surface area contributed by atoms with Gasteiger partial charge in [0, 0.05) is 19.0 Å². The van der Waals surface area contributed by atoms with Gasteiger partial charge in [-0.1, -0.05) is 6.07 Å². The van der Waals surface area contributed by atoms with Crippen LogP contribution in [0.15, 0.2) is 18.2 Å². The smallest absolute Gasteiger partial charge is 0.203 e. The lowest BCUT2D eigenvalue weighted by molar-refractivity contribution is 0.0640. The second-order valence-corrected chi connectivity index (χ2v) is 4.90. The highest BCUT2D eigenvalue weighted by molar-refractivity contribution is 6.18.